The molecule has 0 aromatic carbocycles. The lowest BCUT2D eigenvalue weighted by Crippen LogP contribution is -2.59. The van der Waals surface area contributed by atoms with E-state index in [1.54, 1.807) is 28.2 Å². The van der Waals surface area contributed by atoms with E-state index in [1.807, 2.05) is 40.1 Å². The van der Waals surface area contributed by atoms with Gasteiger partial charge in [-0.2, -0.15) is 10.4 Å². The summed E-state index contributed by atoms with van der Waals surface area (Å²) >= 11 is 0. The first kappa shape index (κ1) is 26.3. The van der Waals surface area contributed by atoms with Gasteiger partial charge in [0.2, 0.25) is 17.7 Å². The van der Waals surface area contributed by atoms with Gasteiger partial charge in [-0.15, -0.1) is 0 Å². The van der Waals surface area contributed by atoms with Gasteiger partial charge in [0.05, 0.1) is 12.3 Å². The van der Waals surface area contributed by atoms with E-state index in [-0.39, 0.29) is 35.0 Å². The van der Waals surface area contributed by atoms with Crippen LogP contribution < -0.4 is 10.6 Å². The van der Waals surface area contributed by atoms with Crippen molar-refractivity contribution in [1.29, 1.82) is 5.26 Å². The Morgan fingerprint density at radius 3 is 2.43 bits per heavy atom. The van der Waals surface area contributed by atoms with Crippen molar-refractivity contribution in [1.82, 2.24) is 30.3 Å². The highest BCUT2D eigenvalue weighted by Gasteiger charge is 2.69. The van der Waals surface area contributed by atoms with Gasteiger partial charge in [-0.3, -0.25) is 24.0 Å². The van der Waals surface area contributed by atoms with Gasteiger partial charge in [0.25, 0.3) is 0 Å². The SMILES string of the molecule is CC(=O)NC(C(=O)N1C[C@H]2[C@@H]([C@H]1C(=O)NC(C#N)c1cncc(-c3cnn(C)c3)c1)C2(C)C)C(C)(C)C. The molecule has 2 N–H and O–H groups in total. The van der Waals surface area contributed by atoms with Crippen molar-refractivity contribution in [3.8, 4) is 17.2 Å². The first-order chi connectivity index (χ1) is 17.3. The Morgan fingerprint density at radius 2 is 1.86 bits per heavy atom. The number of carbonyl (C=O) groups is 3. The summed E-state index contributed by atoms with van der Waals surface area (Å²) in [6.07, 6.45) is 6.79. The fraction of sp³-hybridized carbons (Fsp3) is 0.556. The van der Waals surface area contributed by atoms with Crippen molar-refractivity contribution < 1.29 is 14.4 Å². The Labute approximate surface area is 217 Å². The second-order valence-corrected chi connectivity index (χ2v) is 11.9. The van der Waals surface area contributed by atoms with Gasteiger partial charge in [0.1, 0.15) is 18.1 Å². The van der Waals surface area contributed by atoms with Crippen molar-refractivity contribution in [2.45, 2.75) is 59.7 Å². The standard InChI is InChI=1S/C27H35N7O3/c1-15(35)31-23(26(2,3)4)25(37)34-14-19-21(27(19,5)6)22(34)24(36)32-20(9-28)17-8-16(10-29-11-17)18-12-30-33(7)13-18/h8,10-13,19-23H,14H2,1-7H3,(H,31,35)(H,32,36)/t19-,20?,21-,22-,23?/m0/s1. The van der Waals surface area contributed by atoms with Crippen LogP contribution in [-0.4, -0.2) is 56.0 Å². The average molecular weight is 506 g/mol. The molecule has 0 radical (unpaired) electrons. The minimum Gasteiger partial charge on any atom is -0.344 e. The van der Waals surface area contributed by atoms with Crippen LogP contribution in [0.3, 0.4) is 0 Å². The van der Waals surface area contributed by atoms with Crippen molar-refractivity contribution in [3.63, 3.8) is 0 Å². The molecule has 2 fully saturated rings. The predicted octanol–water partition coefficient (Wildman–Crippen LogP) is 2.20. The van der Waals surface area contributed by atoms with E-state index in [0.717, 1.165) is 11.1 Å². The summed E-state index contributed by atoms with van der Waals surface area (Å²) in [6, 6.07) is 1.54. The molecule has 10 heteroatoms. The van der Waals surface area contributed by atoms with Gasteiger partial charge in [-0.25, -0.2) is 0 Å². The van der Waals surface area contributed by atoms with Gasteiger partial charge >= 0.3 is 0 Å². The van der Waals surface area contributed by atoms with Gasteiger partial charge in [-0.05, 0) is 28.7 Å². The third kappa shape index (κ3) is 4.95. The van der Waals surface area contributed by atoms with Crippen LogP contribution >= 0.6 is 0 Å². The maximum Gasteiger partial charge on any atom is 0.246 e. The molecule has 5 atom stereocenters. The summed E-state index contributed by atoms with van der Waals surface area (Å²) in [5, 5.41) is 19.8. The fourth-order valence-electron chi connectivity index (χ4n) is 5.59. The molecule has 3 amide bonds. The highest BCUT2D eigenvalue weighted by atomic mass is 16.2. The first-order valence-corrected chi connectivity index (χ1v) is 12.5. The predicted molar refractivity (Wildman–Crippen MR) is 136 cm³/mol. The number of aromatic nitrogens is 3. The fourth-order valence-corrected chi connectivity index (χ4v) is 5.59. The number of fused-ring (bicyclic) bond motifs is 1. The van der Waals surface area contributed by atoms with Crippen LogP contribution in [-0.2, 0) is 21.4 Å². The molecule has 2 unspecified atom stereocenters. The molecule has 196 valence electrons. The van der Waals surface area contributed by atoms with Crippen LogP contribution in [0.5, 0.6) is 0 Å². The number of nitrogens with one attached hydrogen (secondary N) is 2. The molecule has 1 saturated carbocycles. The third-order valence-electron chi connectivity index (χ3n) is 7.77. The summed E-state index contributed by atoms with van der Waals surface area (Å²) in [5.74, 6) is -0.792. The Morgan fingerprint density at radius 1 is 1.16 bits per heavy atom. The minimum atomic E-state index is -0.941. The van der Waals surface area contributed by atoms with Crippen molar-refractivity contribution in [2.75, 3.05) is 6.54 Å². The molecule has 1 aliphatic heterocycles. The highest BCUT2D eigenvalue weighted by molar-refractivity contribution is 5.94. The molecule has 0 bridgehead atoms. The van der Waals surface area contributed by atoms with Crippen molar-refractivity contribution in [3.05, 3.63) is 36.4 Å². The zero-order chi connectivity index (χ0) is 27.3. The third-order valence-corrected chi connectivity index (χ3v) is 7.77. The molecule has 2 aliphatic rings. The van der Waals surface area contributed by atoms with E-state index < -0.39 is 23.5 Å². The van der Waals surface area contributed by atoms with E-state index in [1.165, 1.54) is 6.92 Å². The number of nitriles is 1. The number of pyridine rings is 1. The van der Waals surface area contributed by atoms with Gasteiger partial charge in [0, 0.05) is 55.8 Å². The number of rotatable bonds is 6. The zero-order valence-electron chi connectivity index (χ0n) is 22.4. The Balaban J connectivity index is 1.59. The summed E-state index contributed by atoms with van der Waals surface area (Å²) in [6.45, 7) is 11.7. The number of likely N-dealkylation sites (tertiary alicyclic amines) is 1. The summed E-state index contributed by atoms with van der Waals surface area (Å²) in [7, 11) is 1.82. The van der Waals surface area contributed by atoms with Crippen LogP contribution in [0.2, 0.25) is 0 Å². The second-order valence-electron chi connectivity index (χ2n) is 11.9. The number of hydrogen-bond donors (Lipinski definition) is 2. The lowest BCUT2D eigenvalue weighted by molar-refractivity contribution is -0.145. The van der Waals surface area contributed by atoms with Crippen LogP contribution in [0.4, 0.5) is 0 Å². The Bertz CT molecular complexity index is 1270. The minimum absolute atomic E-state index is 0.0198. The maximum absolute atomic E-state index is 13.7. The molecular formula is C27H35N7O3. The van der Waals surface area contributed by atoms with Crippen LogP contribution in [0.1, 0.15) is 53.1 Å². The molecule has 0 spiro atoms. The number of hydrogen-bond acceptors (Lipinski definition) is 6. The van der Waals surface area contributed by atoms with E-state index in [4.69, 9.17) is 0 Å². The largest absolute Gasteiger partial charge is 0.344 e. The molecule has 37 heavy (non-hydrogen) atoms. The Kier molecular flexibility index (Phi) is 6.61. The Hall–Kier alpha value is -3.74. The van der Waals surface area contributed by atoms with Crippen LogP contribution in [0.25, 0.3) is 11.1 Å². The lowest BCUT2D eigenvalue weighted by Gasteiger charge is -2.37. The zero-order valence-corrected chi connectivity index (χ0v) is 22.4. The molecule has 3 heterocycles. The molecule has 2 aromatic rings. The summed E-state index contributed by atoms with van der Waals surface area (Å²) in [4.78, 5) is 45.1. The van der Waals surface area contributed by atoms with E-state index >= 15 is 0 Å². The number of nitrogens with zero attached hydrogens (tertiary/aromatic N) is 5. The average Bonchev–Trinajstić information content (AvgIpc) is 3.21. The smallest absolute Gasteiger partial charge is 0.246 e. The molecule has 1 saturated heterocycles. The number of carbonyl (C=O) groups excluding carboxylic acids is 3. The topological polar surface area (TPSA) is 133 Å². The quantitative estimate of drug-likeness (QED) is 0.618. The number of piperidine rings is 1. The highest BCUT2D eigenvalue weighted by Crippen LogP contribution is 2.65. The lowest BCUT2D eigenvalue weighted by atomic mass is 9.85. The van der Waals surface area contributed by atoms with Crippen molar-refractivity contribution in [2.24, 2.45) is 29.7 Å². The number of amides is 3. The van der Waals surface area contributed by atoms with Gasteiger partial charge < -0.3 is 15.5 Å². The molecule has 1 aliphatic carbocycles. The van der Waals surface area contributed by atoms with Crippen LogP contribution in [0, 0.1) is 34.0 Å². The maximum atomic E-state index is 13.7. The van der Waals surface area contributed by atoms with Crippen molar-refractivity contribution >= 4 is 17.7 Å². The monoisotopic (exact) mass is 505 g/mol. The van der Waals surface area contributed by atoms with E-state index in [0.29, 0.717) is 12.1 Å². The van der Waals surface area contributed by atoms with Crippen LogP contribution in [0.15, 0.2) is 30.9 Å². The molecule has 10 nitrogen and oxygen atoms in total. The van der Waals surface area contributed by atoms with E-state index in [2.05, 4.69) is 40.6 Å². The summed E-state index contributed by atoms with van der Waals surface area (Å²) in [5.41, 5.74) is 1.55. The molecular weight excluding hydrogens is 470 g/mol. The molecule has 2 aromatic heterocycles. The molecule has 4 rings (SSSR count). The summed E-state index contributed by atoms with van der Waals surface area (Å²) < 4.78 is 1.68. The van der Waals surface area contributed by atoms with Gasteiger partial charge in [0.15, 0.2) is 0 Å². The van der Waals surface area contributed by atoms with E-state index in [9.17, 15) is 19.6 Å². The normalized spacial score (nSPS) is 23.4. The number of aryl methyl sites for hydroxylation is 1. The first-order valence-electron chi connectivity index (χ1n) is 12.5. The second kappa shape index (κ2) is 9.29. The van der Waals surface area contributed by atoms with Gasteiger partial charge in [-0.1, -0.05) is 34.6 Å².